The van der Waals surface area contributed by atoms with Gasteiger partial charge in [-0.25, -0.2) is 0 Å². The van der Waals surface area contributed by atoms with Gasteiger partial charge in [-0.3, -0.25) is 9.59 Å². The van der Waals surface area contributed by atoms with Gasteiger partial charge in [-0.2, -0.15) is 0 Å². The zero-order valence-corrected chi connectivity index (χ0v) is 30.3. The van der Waals surface area contributed by atoms with Gasteiger partial charge in [0.15, 0.2) is 11.6 Å². The highest BCUT2D eigenvalue weighted by Gasteiger charge is 2.42. The van der Waals surface area contributed by atoms with Gasteiger partial charge in [-0.05, 0) is 62.8 Å². The molecule has 4 aromatic heterocycles. The molecule has 1 aliphatic carbocycles. The Hall–Kier alpha value is -2.30. The first-order valence-electron chi connectivity index (χ1n) is 16.3. The maximum absolute atomic E-state index is 14.9. The van der Waals surface area contributed by atoms with Gasteiger partial charge in [0, 0.05) is 35.5 Å². The Morgan fingerprint density at radius 1 is 0.659 bits per heavy atom. The van der Waals surface area contributed by atoms with E-state index >= 15 is 0 Å². The molecule has 4 heterocycles. The maximum Gasteiger partial charge on any atom is 0.197 e. The fourth-order valence-corrected chi connectivity index (χ4v) is 11.2. The SMILES string of the molecule is CC#Cc1ccc(-c2sc(-c3ccc(C)s3)c3c2C(=O)c2c(CC(CC)CCCC)sc(CC(CC)CCCC)c2C3=O)s1. The molecular weight excluding hydrogens is 617 g/mol. The van der Waals surface area contributed by atoms with E-state index in [-0.39, 0.29) is 11.6 Å². The molecule has 0 aliphatic heterocycles. The van der Waals surface area contributed by atoms with Crippen LogP contribution in [0.15, 0.2) is 24.3 Å². The lowest BCUT2D eigenvalue weighted by molar-refractivity contribution is 0.0980. The summed E-state index contributed by atoms with van der Waals surface area (Å²) in [4.78, 5) is 38.2. The van der Waals surface area contributed by atoms with E-state index in [0.717, 1.165) is 71.0 Å². The highest BCUT2D eigenvalue weighted by Crippen LogP contribution is 2.51. The van der Waals surface area contributed by atoms with E-state index < -0.39 is 0 Å². The van der Waals surface area contributed by atoms with Gasteiger partial charge >= 0.3 is 0 Å². The van der Waals surface area contributed by atoms with Gasteiger partial charge in [-0.15, -0.1) is 51.3 Å². The summed E-state index contributed by atoms with van der Waals surface area (Å²) in [7, 11) is 0. The average molecular weight is 661 g/mol. The molecular formula is C38H44O2S4. The molecule has 232 valence electrons. The number of unbranched alkanes of at least 4 members (excludes halogenated alkanes) is 2. The first kappa shape index (κ1) is 33.1. The van der Waals surface area contributed by atoms with Crippen LogP contribution in [0.25, 0.3) is 19.5 Å². The second kappa shape index (κ2) is 14.9. The van der Waals surface area contributed by atoms with Gasteiger partial charge < -0.3 is 0 Å². The van der Waals surface area contributed by atoms with E-state index in [2.05, 4.69) is 64.7 Å². The molecule has 6 heteroatoms. The van der Waals surface area contributed by atoms with Crippen LogP contribution in [-0.4, -0.2) is 11.6 Å². The largest absolute Gasteiger partial charge is 0.288 e. The normalized spacial score (nSPS) is 13.9. The second-order valence-corrected chi connectivity index (χ2v) is 16.6. The van der Waals surface area contributed by atoms with Gasteiger partial charge in [0.2, 0.25) is 0 Å². The molecule has 0 radical (unpaired) electrons. The van der Waals surface area contributed by atoms with Crippen molar-refractivity contribution in [3.05, 3.63) is 66.0 Å². The minimum absolute atomic E-state index is 0.0568. The summed E-state index contributed by atoms with van der Waals surface area (Å²) >= 11 is 6.71. The van der Waals surface area contributed by atoms with E-state index in [9.17, 15) is 9.59 Å². The number of hydrogen-bond acceptors (Lipinski definition) is 6. The third-order valence-electron chi connectivity index (χ3n) is 8.95. The van der Waals surface area contributed by atoms with Crippen LogP contribution in [0.4, 0.5) is 0 Å². The zero-order valence-electron chi connectivity index (χ0n) is 27.0. The molecule has 0 fully saturated rings. The third-order valence-corrected chi connectivity index (χ3v) is 13.7. The van der Waals surface area contributed by atoms with Crippen LogP contribution in [0.1, 0.15) is 137 Å². The Bertz CT molecular complexity index is 1700. The summed E-state index contributed by atoms with van der Waals surface area (Å²) in [5.74, 6) is 7.35. The van der Waals surface area contributed by atoms with Crippen LogP contribution >= 0.6 is 45.3 Å². The van der Waals surface area contributed by atoms with Crippen LogP contribution in [0.3, 0.4) is 0 Å². The van der Waals surface area contributed by atoms with Crippen molar-refractivity contribution in [3.8, 4) is 31.3 Å². The minimum Gasteiger partial charge on any atom is -0.288 e. The van der Waals surface area contributed by atoms with Crippen LogP contribution in [-0.2, 0) is 12.8 Å². The van der Waals surface area contributed by atoms with Crippen LogP contribution in [0.2, 0.25) is 0 Å². The molecule has 0 aromatic carbocycles. The molecule has 44 heavy (non-hydrogen) atoms. The maximum atomic E-state index is 14.9. The van der Waals surface area contributed by atoms with Gasteiger partial charge in [-0.1, -0.05) is 85.0 Å². The molecule has 2 atom stereocenters. The molecule has 0 saturated carbocycles. The lowest BCUT2D eigenvalue weighted by Crippen LogP contribution is -2.22. The minimum atomic E-state index is 0.0568. The van der Waals surface area contributed by atoms with E-state index in [0.29, 0.717) is 23.0 Å². The molecule has 0 N–H and O–H groups in total. The number of aryl methyl sites for hydroxylation is 1. The van der Waals surface area contributed by atoms with Crippen molar-refractivity contribution in [2.45, 2.75) is 106 Å². The zero-order chi connectivity index (χ0) is 31.4. The third kappa shape index (κ3) is 6.63. The molecule has 2 unspecified atom stereocenters. The van der Waals surface area contributed by atoms with Crippen LogP contribution in [0.5, 0.6) is 0 Å². The van der Waals surface area contributed by atoms with Crippen molar-refractivity contribution in [2.24, 2.45) is 11.8 Å². The van der Waals surface area contributed by atoms with Crippen molar-refractivity contribution in [2.75, 3.05) is 0 Å². The molecule has 2 nitrogen and oxygen atoms in total. The molecule has 5 rings (SSSR count). The standard InChI is InChI=1S/C38H44O2S4/c1-7-12-15-24(10-4)21-29-31-32(30(43-29)22-25(11-5)16-13-8-2)36(40)34-33(35(31)39)37(27-19-17-23(6)41-27)44-38(34)28-20-18-26(42-28)14-9-3/h17-20,24-25H,7-8,10-13,15-16,21-22H2,1-6H3. The highest BCUT2D eigenvalue weighted by molar-refractivity contribution is 7.27. The number of ketones is 2. The monoisotopic (exact) mass is 660 g/mol. The highest BCUT2D eigenvalue weighted by atomic mass is 32.1. The first-order valence-corrected chi connectivity index (χ1v) is 19.6. The summed E-state index contributed by atoms with van der Waals surface area (Å²) in [5.41, 5.74) is 2.70. The number of fused-ring (bicyclic) bond motifs is 2. The molecule has 0 saturated heterocycles. The predicted octanol–water partition coefficient (Wildman–Crippen LogP) is 12.2. The van der Waals surface area contributed by atoms with Gasteiger partial charge in [0.25, 0.3) is 0 Å². The Kier molecular flexibility index (Phi) is 11.2. The van der Waals surface area contributed by atoms with Crippen molar-refractivity contribution in [1.82, 2.24) is 0 Å². The quantitative estimate of drug-likeness (QED) is 0.111. The second-order valence-electron chi connectivity index (χ2n) is 12.1. The molecule has 0 spiro atoms. The molecule has 0 bridgehead atoms. The van der Waals surface area contributed by atoms with Crippen molar-refractivity contribution < 1.29 is 9.59 Å². The van der Waals surface area contributed by atoms with E-state index in [1.165, 1.54) is 43.4 Å². The summed E-state index contributed by atoms with van der Waals surface area (Å²) in [5, 5.41) is 0. The Balaban J connectivity index is 1.70. The predicted molar refractivity (Wildman–Crippen MR) is 193 cm³/mol. The van der Waals surface area contributed by atoms with E-state index in [4.69, 9.17) is 0 Å². The van der Waals surface area contributed by atoms with Crippen LogP contribution in [0, 0.1) is 30.6 Å². The lowest BCUT2D eigenvalue weighted by Gasteiger charge is -2.19. The number of rotatable bonds is 14. The molecule has 4 aromatic rings. The summed E-state index contributed by atoms with van der Waals surface area (Å²) in [6.07, 6.45) is 11.0. The lowest BCUT2D eigenvalue weighted by atomic mass is 9.81. The topological polar surface area (TPSA) is 34.1 Å². The van der Waals surface area contributed by atoms with Crippen LogP contribution < -0.4 is 0 Å². The summed E-state index contributed by atoms with van der Waals surface area (Å²) in [6, 6.07) is 8.34. The molecule has 1 aliphatic rings. The van der Waals surface area contributed by atoms with E-state index in [1.54, 1.807) is 45.3 Å². The average Bonchev–Trinajstić information content (AvgIpc) is 3.81. The smallest absolute Gasteiger partial charge is 0.197 e. The molecule has 0 amide bonds. The van der Waals surface area contributed by atoms with Crippen molar-refractivity contribution >= 4 is 56.9 Å². The number of carbonyl (C=O) groups excluding carboxylic acids is 2. The van der Waals surface area contributed by atoms with Gasteiger partial charge in [0.1, 0.15) is 0 Å². The summed E-state index contributed by atoms with van der Waals surface area (Å²) < 4.78 is 0. The Morgan fingerprint density at radius 3 is 1.64 bits per heavy atom. The van der Waals surface area contributed by atoms with Crippen molar-refractivity contribution in [1.29, 1.82) is 0 Å². The summed E-state index contributed by atoms with van der Waals surface area (Å²) in [6.45, 7) is 13.0. The first-order chi connectivity index (χ1) is 21.3. The fourth-order valence-electron chi connectivity index (χ4n) is 6.38. The van der Waals surface area contributed by atoms with Gasteiger partial charge in [0.05, 0.1) is 25.8 Å². The number of carbonyl (C=O) groups is 2. The number of hydrogen-bond donors (Lipinski definition) is 0. The number of thiophene rings is 4. The Morgan fingerprint density at radius 2 is 1.18 bits per heavy atom. The van der Waals surface area contributed by atoms with Crippen molar-refractivity contribution in [3.63, 3.8) is 0 Å². The van der Waals surface area contributed by atoms with E-state index in [1.807, 2.05) is 13.0 Å². The Labute approximate surface area is 280 Å². The fraction of sp³-hybridized carbons (Fsp3) is 0.474.